The quantitative estimate of drug-likeness (QED) is 0.650. The molecule has 1 amide bonds. The van der Waals surface area contributed by atoms with E-state index in [1.165, 1.54) is 0 Å². The summed E-state index contributed by atoms with van der Waals surface area (Å²) in [5.74, 6) is 0.272. The Labute approximate surface area is 87.3 Å². The van der Waals surface area contributed by atoms with Gasteiger partial charge in [-0.25, -0.2) is 0 Å². The molecule has 0 aromatic carbocycles. The summed E-state index contributed by atoms with van der Waals surface area (Å²) in [4.78, 5) is 15.6. The van der Waals surface area contributed by atoms with Gasteiger partial charge in [0.1, 0.15) is 0 Å². The Morgan fingerprint density at radius 1 is 1.29 bits per heavy atom. The van der Waals surface area contributed by atoms with E-state index in [9.17, 15) is 4.79 Å². The van der Waals surface area contributed by atoms with Crippen molar-refractivity contribution in [3.05, 3.63) is 0 Å². The SMILES string of the molecule is CNCC(C)C(=O)N(C)CCN(C)C. The Morgan fingerprint density at radius 3 is 2.29 bits per heavy atom. The first-order valence-electron chi connectivity index (χ1n) is 5.03. The van der Waals surface area contributed by atoms with E-state index in [4.69, 9.17) is 0 Å². The third-order valence-corrected chi connectivity index (χ3v) is 2.19. The van der Waals surface area contributed by atoms with Gasteiger partial charge in [-0.2, -0.15) is 0 Å². The summed E-state index contributed by atoms with van der Waals surface area (Å²) >= 11 is 0. The van der Waals surface area contributed by atoms with Gasteiger partial charge in [0.15, 0.2) is 0 Å². The predicted octanol–water partition coefficient (Wildman–Crippen LogP) is -0.138. The molecule has 0 spiro atoms. The van der Waals surface area contributed by atoms with Crippen molar-refractivity contribution in [2.75, 3.05) is 47.8 Å². The highest BCUT2D eigenvalue weighted by Gasteiger charge is 2.15. The Bertz CT molecular complexity index is 171. The van der Waals surface area contributed by atoms with Crippen LogP contribution in [0.4, 0.5) is 0 Å². The smallest absolute Gasteiger partial charge is 0.226 e. The fourth-order valence-corrected chi connectivity index (χ4v) is 1.23. The van der Waals surface area contributed by atoms with Crippen LogP contribution in [0.5, 0.6) is 0 Å². The van der Waals surface area contributed by atoms with E-state index in [1.54, 1.807) is 4.90 Å². The molecule has 0 saturated carbocycles. The van der Waals surface area contributed by atoms with Crippen molar-refractivity contribution >= 4 is 5.91 Å². The summed E-state index contributed by atoms with van der Waals surface area (Å²) < 4.78 is 0. The van der Waals surface area contributed by atoms with E-state index in [0.29, 0.717) is 0 Å². The minimum absolute atomic E-state index is 0.0622. The minimum Gasteiger partial charge on any atom is -0.344 e. The molecule has 0 heterocycles. The number of rotatable bonds is 6. The number of nitrogens with one attached hydrogen (secondary N) is 1. The second-order valence-electron chi connectivity index (χ2n) is 4.02. The van der Waals surface area contributed by atoms with Crippen molar-refractivity contribution < 1.29 is 4.79 Å². The van der Waals surface area contributed by atoms with Crippen LogP contribution in [0.25, 0.3) is 0 Å². The van der Waals surface area contributed by atoms with Gasteiger partial charge < -0.3 is 15.1 Å². The Kier molecular flexibility index (Phi) is 6.49. The number of hydrogen-bond acceptors (Lipinski definition) is 3. The lowest BCUT2D eigenvalue weighted by molar-refractivity contribution is -0.133. The highest BCUT2D eigenvalue weighted by Crippen LogP contribution is 1.99. The normalized spacial score (nSPS) is 13.0. The van der Waals surface area contributed by atoms with Gasteiger partial charge >= 0.3 is 0 Å². The van der Waals surface area contributed by atoms with Crippen LogP contribution in [-0.4, -0.2) is 63.5 Å². The van der Waals surface area contributed by atoms with E-state index < -0.39 is 0 Å². The van der Waals surface area contributed by atoms with Gasteiger partial charge in [-0.05, 0) is 21.1 Å². The number of hydrogen-bond donors (Lipinski definition) is 1. The van der Waals surface area contributed by atoms with Crippen molar-refractivity contribution in [1.29, 1.82) is 0 Å². The van der Waals surface area contributed by atoms with Crippen LogP contribution in [0.3, 0.4) is 0 Å². The molecule has 4 heteroatoms. The summed E-state index contributed by atoms with van der Waals surface area (Å²) in [6.07, 6.45) is 0. The first kappa shape index (κ1) is 13.4. The van der Waals surface area contributed by atoms with Crippen molar-refractivity contribution in [2.24, 2.45) is 5.92 Å². The summed E-state index contributed by atoms with van der Waals surface area (Å²) in [7, 11) is 7.74. The lowest BCUT2D eigenvalue weighted by atomic mass is 10.1. The molecule has 0 saturated heterocycles. The van der Waals surface area contributed by atoms with E-state index in [2.05, 4.69) is 10.2 Å². The molecule has 1 unspecified atom stereocenters. The first-order valence-corrected chi connectivity index (χ1v) is 5.03. The first-order chi connectivity index (χ1) is 6.49. The number of nitrogens with zero attached hydrogens (tertiary/aromatic N) is 2. The fraction of sp³-hybridized carbons (Fsp3) is 0.900. The van der Waals surface area contributed by atoms with Gasteiger partial charge in [-0.3, -0.25) is 4.79 Å². The van der Waals surface area contributed by atoms with Crippen LogP contribution in [0, 0.1) is 5.92 Å². The fourth-order valence-electron chi connectivity index (χ4n) is 1.23. The van der Waals surface area contributed by atoms with Crippen LogP contribution in [0.15, 0.2) is 0 Å². The highest BCUT2D eigenvalue weighted by molar-refractivity contribution is 5.78. The van der Waals surface area contributed by atoms with Gasteiger partial charge in [0, 0.05) is 32.6 Å². The molecule has 84 valence electrons. The topological polar surface area (TPSA) is 35.6 Å². The summed E-state index contributed by atoms with van der Waals surface area (Å²) in [6, 6.07) is 0. The number of amides is 1. The average Bonchev–Trinajstić information content (AvgIpc) is 2.13. The van der Waals surface area contributed by atoms with Crippen molar-refractivity contribution in [3.8, 4) is 0 Å². The van der Waals surface area contributed by atoms with Crippen LogP contribution in [0.2, 0.25) is 0 Å². The monoisotopic (exact) mass is 201 g/mol. The van der Waals surface area contributed by atoms with Crippen molar-refractivity contribution in [2.45, 2.75) is 6.92 Å². The molecule has 0 aliphatic carbocycles. The molecular weight excluding hydrogens is 178 g/mol. The molecule has 1 N–H and O–H groups in total. The van der Waals surface area contributed by atoms with Crippen molar-refractivity contribution in [3.63, 3.8) is 0 Å². The van der Waals surface area contributed by atoms with E-state index in [-0.39, 0.29) is 11.8 Å². The maximum absolute atomic E-state index is 11.7. The Balaban J connectivity index is 3.86. The molecule has 0 fully saturated rings. The zero-order valence-corrected chi connectivity index (χ0v) is 10.0. The zero-order valence-electron chi connectivity index (χ0n) is 10.0. The largest absolute Gasteiger partial charge is 0.344 e. The number of likely N-dealkylation sites (N-methyl/N-ethyl adjacent to an activating group) is 2. The lowest BCUT2D eigenvalue weighted by Crippen LogP contribution is -2.39. The number of carbonyl (C=O) groups is 1. The van der Waals surface area contributed by atoms with Gasteiger partial charge in [0.2, 0.25) is 5.91 Å². The van der Waals surface area contributed by atoms with E-state index in [0.717, 1.165) is 19.6 Å². The highest BCUT2D eigenvalue weighted by atomic mass is 16.2. The Hall–Kier alpha value is -0.610. The van der Waals surface area contributed by atoms with Crippen LogP contribution >= 0.6 is 0 Å². The zero-order chi connectivity index (χ0) is 11.1. The summed E-state index contributed by atoms with van der Waals surface area (Å²) in [6.45, 7) is 4.39. The molecule has 0 aromatic heterocycles. The number of carbonyl (C=O) groups excluding carboxylic acids is 1. The average molecular weight is 201 g/mol. The molecule has 1 atom stereocenters. The van der Waals surface area contributed by atoms with E-state index >= 15 is 0 Å². The molecule has 0 aliphatic rings. The molecule has 0 bridgehead atoms. The molecule has 0 rings (SSSR count). The van der Waals surface area contributed by atoms with Gasteiger partial charge in [-0.15, -0.1) is 0 Å². The summed E-state index contributed by atoms with van der Waals surface area (Å²) in [5, 5.41) is 3.01. The maximum Gasteiger partial charge on any atom is 0.226 e. The van der Waals surface area contributed by atoms with Crippen LogP contribution in [-0.2, 0) is 4.79 Å². The van der Waals surface area contributed by atoms with Crippen molar-refractivity contribution in [1.82, 2.24) is 15.1 Å². The molecule has 0 aliphatic heterocycles. The minimum atomic E-state index is 0.0622. The van der Waals surface area contributed by atoms with Gasteiger partial charge in [0.25, 0.3) is 0 Å². The lowest BCUT2D eigenvalue weighted by Gasteiger charge is -2.22. The predicted molar refractivity (Wildman–Crippen MR) is 59.3 cm³/mol. The van der Waals surface area contributed by atoms with E-state index in [1.807, 2.05) is 35.1 Å². The third-order valence-electron chi connectivity index (χ3n) is 2.19. The molecule has 14 heavy (non-hydrogen) atoms. The second kappa shape index (κ2) is 6.79. The standard InChI is InChI=1S/C10H23N3O/c1-9(8-11-2)10(14)13(5)7-6-12(3)4/h9,11H,6-8H2,1-5H3. The Morgan fingerprint density at radius 2 is 1.86 bits per heavy atom. The van der Waals surface area contributed by atoms with Gasteiger partial charge in [0.05, 0.1) is 0 Å². The van der Waals surface area contributed by atoms with Crippen LogP contribution < -0.4 is 5.32 Å². The molecule has 0 aromatic rings. The second-order valence-corrected chi connectivity index (χ2v) is 4.02. The van der Waals surface area contributed by atoms with Crippen LogP contribution in [0.1, 0.15) is 6.92 Å². The molecule has 0 radical (unpaired) electrons. The molecular formula is C10H23N3O. The summed E-state index contributed by atoms with van der Waals surface area (Å²) in [5.41, 5.74) is 0. The third kappa shape index (κ3) is 5.19. The van der Waals surface area contributed by atoms with Gasteiger partial charge in [-0.1, -0.05) is 6.92 Å². The molecule has 4 nitrogen and oxygen atoms in total. The maximum atomic E-state index is 11.7.